The van der Waals surface area contributed by atoms with Crippen LogP contribution in [0.2, 0.25) is 0 Å². The van der Waals surface area contributed by atoms with Crippen molar-refractivity contribution in [2.75, 3.05) is 0 Å². The maximum Gasteiger partial charge on any atom is 0.242 e. The number of hydrogen-bond acceptors (Lipinski definition) is 3. The van der Waals surface area contributed by atoms with Gasteiger partial charge in [-0.1, -0.05) is 6.07 Å². The van der Waals surface area contributed by atoms with Crippen molar-refractivity contribution in [1.82, 2.24) is 10.0 Å². The summed E-state index contributed by atoms with van der Waals surface area (Å²) in [4.78, 5) is 0.339. The Morgan fingerprint density at radius 2 is 2.05 bits per heavy atom. The predicted molar refractivity (Wildman–Crippen MR) is 86.6 cm³/mol. The predicted octanol–water partition coefficient (Wildman–Crippen LogP) is 2.92. The molecule has 0 aromatic heterocycles. The van der Waals surface area contributed by atoms with Gasteiger partial charge in [0.05, 0.1) is 4.90 Å². The molecule has 3 rings (SSSR count). The smallest absolute Gasteiger partial charge is 0.242 e. The van der Waals surface area contributed by atoms with Crippen LogP contribution in [0.15, 0.2) is 27.6 Å². The van der Waals surface area contributed by atoms with Gasteiger partial charge < -0.3 is 5.32 Å². The van der Waals surface area contributed by atoms with Gasteiger partial charge in [-0.25, -0.2) is 13.1 Å². The molecule has 2 N–H and O–H groups in total. The summed E-state index contributed by atoms with van der Waals surface area (Å²) in [5, 5.41) is 3.41. The summed E-state index contributed by atoms with van der Waals surface area (Å²) < 4.78 is 28.7. The Morgan fingerprint density at radius 3 is 2.62 bits per heavy atom. The fourth-order valence-corrected chi connectivity index (χ4v) is 5.08. The van der Waals surface area contributed by atoms with E-state index in [-0.39, 0.29) is 5.54 Å². The number of sulfonamides is 1. The van der Waals surface area contributed by atoms with E-state index in [0.717, 1.165) is 31.4 Å². The highest BCUT2D eigenvalue weighted by Gasteiger charge is 2.36. The van der Waals surface area contributed by atoms with E-state index in [2.05, 4.69) is 26.0 Å². The third-order valence-electron chi connectivity index (χ3n) is 4.30. The first-order valence-corrected chi connectivity index (χ1v) is 9.71. The van der Waals surface area contributed by atoms with Crippen LogP contribution in [0.25, 0.3) is 0 Å². The van der Waals surface area contributed by atoms with Crippen molar-refractivity contribution >= 4 is 26.0 Å². The minimum absolute atomic E-state index is 0.277. The van der Waals surface area contributed by atoms with Crippen molar-refractivity contribution in [3.63, 3.8) is 0 Å². The Labute approximate surface area is 134 Å². The van der Waals surface area contributed by atoms with Gasteiger partial charge in [0.2, 0.25) is 10.0 Å². The molecule has 0 atom stereocenters. The van der Waals surface area contributed by atoms with E-state index < -0.39 is 10.0 Å². The molecule has 2 aliphatic carbocycles. The first-order valence-electron chi connectivity index (χ1n) is 7.44. The Kier molecular flexibility index (Phi) is 4.16. The standard InChI is InChI=1S/C15H21BrN2O2S/c1-15(7-2-8-15)18-21(19,20)14-9-11(3-6-13(14)16)10-17-12-4-5-12/h3,6,9,12,17-18H,2,4-5,7-8,10H2,1H3. The van der Waals surface area contributed by atoms with Gasteiger partial charge >= 0.3 is 0 Å². The van der Waals surface area contributed by atoms with E-state index >= 15 is 0 Å². The molecule has 0 radical (unpaired) electrons. The summed E-state index contributed by atoms with van der Waals surface area (Å²) in [6.07, 6.45) is 5.36. The Bertz CT molecular complexity index is 637. The number of hydrogen-bond donors (Lipinski definition) is 2. The van der Waals surface area contributed by atoms with Gasteiger partial charge in [-0.2, -0.15) is 0 Å². The van der Waals surface area contributed by atoms with Gasteiger partial charge in [0, 0.05) is 22.6 Å². The molecule has 6 heteroatoms. The molecule has 116 valence electrons. The fraction of sp³-hybridized carbons (Fsp3) is 0.600. The second kappa shape index (κ2) is 5.65. The Morgan fingerprint density at radius 1 is 1.33 bits per heavy atom. The van der Waals surface area contributed by atoms with Crippen LogP contribution in [0.1, 0.15) is 44.6 Å². The van der Waals surface area contributed by atoms with Gasteiger partial charge in [0.25, 0.3) is 0 Å². The Balaban J connectivity index is 1.79. The quantitative estimate of drug-likeness (QED) is 0.806. The number of halogens is 1. The van der Waals surface area contributed by atoms with E-state index in [0.29, 0.717) is 15.4 Å². The molecule has 0 spiro atoms. The molecule has 2 fully saturated rings. The third-order valence-corrected chi connectivity index (χ3v) is 6.93. The van der Waals surface area contributed by atoms with Crippen molar-refractivity contribution in [1.29, 1.82) is 0 Å². The van der Waals surface area contributed by atoms with Crippen molar-refractivity contribution < 1.29 is 8.42 Å². The lowest BCUT2D eigenvalue weighted by Gasteiger charge is -2.38. The van der Waals surface area contributed by atoms with E-state index in [1.165, 1.54) is 12.8 Å². The van der Waals surface area contributed by atoms with Crippen LogP contribution in [0.3, 0.4) is 0 Å². The van der Waals surface area contributed by atoms with Crippen LogP contribution in [-0.4, -0.2) is 20.0 Å². The monoisotopic (exact) mass is 372 g/mol. The van der Waals surface area contributed by atoms with Crippen molar-refractivity contribution in [2.24, 2.45) is 0 Å². The van der Waals surface area contributed by atoms with Crippen molar-refractivity contribution in [3.05, 3.63) is 28.2 Å². The molecule has 0 unspecified atom stereocenters. The van der Waals surface area contributed by atoms with E-state index in [9.17, 15) is 8.42 Å². The molecule has 1 aromatic carbocycles. The van der Waals surface area contributed by atoms with Crippen LogP contribution in [0.4, 0.5) is 0 Å². The van der Waals surface area contributed by atoms with Gasteiger partial charge in [0.15, 0.2) is 0 Å². The van der Waals surface area contributed by atoms with Crippen LogP contribution < -0.4 is 10.0 Å². The normalized spacial score (nSPS) is 21.0. The molecule has 4 nitrogen and oxygen atoms in total. The fourth-order valence-electron chi connectivity index (χ4n) is 2.60. The molecule has 0 bridgehead atoms. The van der Waals surface area contributed by atoms with Crippen LogP contribution in [-0.2, 0) is 16.6 Å². The minimum atomic E-state index is -3.48. The zero-order chi connectivity index (χ0) is 15.1. The second-order valence-corrected chi connectivity index (χ2v) is 8.94. The minimum Gasteiger partial charge on any atom is -0.310 e. The lowest BCUT2D eigenvalue weighted by atomic mass is 9.80. The zero-order valence-corrected chi connectivity index (χ0v) is 14.6. The zero-order valence-electron chi connectivity index (χ0n) is 12.2. The number of benzene rings is 1. The maximum absolute atomic E-state index is 12.6. The first kappa shape index (κ1) is 15.5. The SMILES string of the molecule is CC1(NS(=O)(=O)c2cc(CNC3CC3)ccc2Br)CCC1. The highest BCUT2D eigenvalue weighted by Crippen LogP contribution is 2.34. The molecule has 2 aliphatic rings. The van der Waals surface area contributed by atoms with E-state index in [1.807, 2.05) is 19.1 Å². The highest BCUT2D eigenvalue weighted by atomic mass is 79.9. The first-order chi connectivity index (χ1) is 9.88. The highest BCUT2D eigenvalue weighted by molar-refractivity contribution is 9.10. The maximum atomic E-state index is 12.6. The lowest BCUT2D eigenvalue weighted by Crippen LogP contribution is -2.50. The van der Waals surface area contributed by atoms with Gasteiger partial charge in [0.1, 0.15) is 0 Å². The number of nitrogens with one attached hydrogen (secondary N) is 2. The van der Waals surface area contributed by atoms with Gasteiger partial charge in [-0.3, -0.25) is 0 Å². The summed E-state index contributed by atoms with van der Waals surface area (Å²) in [5.74, 6) is 0. The summed E-state index contributed by atoms with van der Waals surface area (Å²) in [6, 6.07) is 6.16. The topological polar surface area (TPSA) is 58.2 Å². The molecule has 0 amide bonds. The molecule has 2 saturated carbocycles. The average Bonchev–Trinajstić information content (AvgIpc) is 3.19. The largest absolute Gasteiger partial charge is 0.310 e. The molecular weight excluding hydrogens is 352 g/mol. The van der Waals surface area contributed by atoms with E-state index in [1.54, 1.807) is 6.07 Å². The van der Waals surface area contributed by atoms with Crippen LogP contribution >= 0.6 is 15.9 Å². The summed E-state index contributed by atoms with van der Waals surface area (Å²) in [6.45, 7) is 2.69. The number of rotatable bonds is 6. The Hall–Kier alpha value is -0.430. The van der Waals surface area contributed by atoms with Crippen molar-refractivity contribution in [3.8, 4) is 0 Å². The van der Waals surface area contributed by atoms with E-state index in [4.69, 9.17) is 0 Å². The third kappa shape index (κ3) is 3.67. The van der Waals surface area contributed by atoms with Gasteiger partial charge in [-0.05, 0) is 72.7 Å². The molecule has 0 aliphatic heterocycles. The molecule has 21 heavy (non-hydrogen) atoms. The van der Waals surface area contributed by atoms with Gasteiger partial charge in [-0.15, -0.1) is 0 Å². The summed E-state index contributed by atoms with van der Waals surface area (Å²) >= 11 is 3.37. The average molecular weight is 373 g/mol. The summed E-state index contributed by atoms with van der Waals surface area (Å²) in [7, 11) is -3.48. The molecule has 0 heterocycles. The molecular formula is C15H21BrN2O2S. The van der Waals surface area contributed by atoms with Crippen LogP contribution in [0.5, 0.6) is 0 Å². The lowest BCUT2D eigenvalue weighted by molar-refractivity contribution is 0.248. The summed E-state index contributed by atoms with van der Waals surface area (Å²) in [5.41, 5.74) is 0.727. The van der Waals surface area contributed by atoms with Crippen molar-refractivity contribution in [2.45, 2.75) is 62.0 Å². The van der Waals surface area contributed by atoms with Crippen LogP contribution in [0, 0.1) is 0 Å². The molecule has 0 saturated heterocycles. The second-order valence-electron chi connectivity index (χ2n) is 6.44. The molecule has 1 aromatic rings.